The van der Waals surface area contributed by atoms with Crippen LogP contribution in [-0.4, -0.2) is 40.8 Å². The zero-order valence-electron chi connectivity index (χ0n) is 10.8. The second-order valence-electron chi connectivity index (χ2n) is 4.23. The Labute approximate surface area is 107 Å². The van der Waals surface area contributed by atoms with Crippen LogP contribution in [0, 0.1) is 13.8 Å². The minimum absolute atomic E-state index is 0.0120. The summed E-state index contributed by atoms with van der Waals surface area (Å²) in [5.41, 5.74) is 1.06. The number of carboxylic acids is 1. The number of hydrogen-bond donors (Lipinski definition) is 1. The summed E-state index contributed by atoms with van der Waals surface area (Å²) in [6, 6.07) is 0. The van der Waals surface area contributed by atoms with Crippen molar-refractivity contribution in [2.24, 2.45) is 0 Å². The van der Waals surface area contributed by atoms with Gasteiger partial charge < -0.3 is 5.11 Å². The van der Waals surface area contributed by atoms with Crippen LogP contribution in [0.1, 0.15) is 35.1 Å². The summed E-state index contributed by atoms with van der Waals surface area (Å²) in [4.78, 5) is 11.0. The summed E-state index contributed by atoms with van der Waals surface area (Å²) in [5.74, 6) is -0.896. The van der Waals surface area contributed by atoms with Crippen LogP contribution < -0.4 is 0 Å². The van der Waals surface area contributed by atoms with Gasteiger partial charge in [0.05, 0.1) is 23.7 Å². The first-order valence-electron chi connectivity index (χ1n) is 5.76. The fourth-order valence-corrected chi connectivity index (χ4v) is 3.14. The van der Waals surface area contributed by atoms with Gasteiger partial charge in [0, 0.05) is 5.75 Å². The van der Waals surface area contributed by atoms with Gasteiger partial charge in [0.2, 0.25) is 0 Å². The van der Waals surface area contributed by atoms with Crippen molar-refractivity contribution in [1.82, 2.24) is 9.78 Å². The third kappa shape index (κ3) is 3.32. The summed E-state index contributed by atoms with van der Waals surface area (Å²) in [7, 11) is -3.08. The lowest BCUT2D eigenvalue weighted by Crippen LogP contribution is -2.17. The van der Waals surface area contributed by atoms with E-state index in [1.807, 2.05) is 6.92 Å². The van der Waals surface area contributed by atoms with Gasteiger partial charge in [0.1, 0.15) is 5.56 Å². The second-order valence-corrected chi connectivity index (χ2v) is 6.53. The van der Waals surface area contributed by atoms with Crippen LogP contribution in [0.3, 0.4) is 0 Å². The van der Waals surface area contributed by atoms with Crippen molar-refractivity contribution in [3.8, 4) is 0 Å². The fraction of sp³-hybridized carbons (Fsp3) is 0.636. The van der Waals surface area contributed by atoms with Gasteiger partial charge in [0.15, 0.2) is 9.84 Å². The van der Waals surface area contributed by atoms with Crippen LogP contribution in [-0.2, 0) is 16.4 Å². The van der Waals surface area contributed by atoms with E-state index in [-0.39, 0.29) is 23.6 Å². The number of aromatic carboxylic acids is 1. The van der Waals surface area contributed by atoms with Gasteiger partial charge in [-0.15, -0.1) is 0 Å². The van der Waals surface area contributed by atoms with Crippen molar-refractivity contribution in [2.45, 2.75) is 33.7 Å². The SMILES string of the molecule is CCCS(=O)(=O)CCn1nc(C)c(C(=O)O)c1C. The standard InChI is InChI=1S/C11H18N2O4S/c1-4-6-18(16,17)7-5-13-9(3)10(11(14)15)8(2)12-13/h4-7H2,1-3H3,(H,14,15). The van der Waals surface area contributed by atoms with E-state index in [4.69, 9.17) is 5.11 Å². The number of aromatic nitrogens is 2. The lowest BCUT2D eigenvalue weighted by molar-refractivity contribution is 0.0695. The predicted molar refractivity (Wildman–Crippen MR) is 67.6 cm³/mol. The Balaban J connectivity index is 2.88. The second kappa shape index (κ2) is 5.51. The monoisotopic (exact) mass is 274 g/mol. The van der Waals surface area contributed by atoms with E-state index in [0.717, 1.165) is 0 Å². The molecule has 102 valence electrons. The smallest absolute Gasteiger partial charge is 0.339 e. The van der Waals surface area contributed by atoms with Crippen molar-refractivity contribution >= 4 is 15.8 Å². The molecule has 0 radical (unpaired) electrons. The number of carbonyl (C=O) groups is 1. The highest BCUT2D eigenvalue weighted by molar-refractivity contribution is 7.91. The number of nitrogens with zero attached hydrogens (tertiary/aromatic N) is 2. The van der Waals surface area contributed by atoms with Crippen molar-refractivity contribution in [1.29, 1.82) is 0 Å². The Morgan fingerprint density at radius 2 is 1.94 bits per heavy atom. The van der Waals surface area contributed by atoms with Crippen LogP contribution in [0.4, 0.5) is 0 Å². The van der Waals surface area contributed by atoms with E-state index in [2.05, 4.69) is 5.10 Å². The van der Waals surface area contributed by atoms with Gasteiger partial charge in [-0.2, -0.15) is 5.10 Å². The first-order valence-corrected chi connectivity index (χ1v) is 7.58. The molecule has 1 aromatic rings. The number of hydrogen-bond acceptors (Lipinski definition) is 4. The van der Waals surface area contributed by atoms with Crippen molar-refractivity contribution in [2.75, 3.05) is 11.5 Å². The van der Waals surface area contributed by atoms with E-state index in [9.17, 15) is 13.2 Å². The van der Waals surface area contributed by atoms with Gasteiger partial charge in [-0.3, -0.25) is 4.68 Å². The molecular weight excluding hydrogens is 256 g/mol. The molecule has 18 heavy (non-hydrogen) atoms. The van der Waals surface area contributed by atoms with Gasteiger partial charge in [-0.1, -0.05) is 6.92 Å². The summed E-state index contributed by atoms with van der Waals surface area (Å²) in [5, 5.41) is 13.1. The molecule has 7 heteroatoms. The molecule has 0 saturated carbocycles. The minimum atomic E-state index is -3.08. The molecule has 0 bridgehead atoms. The predicted octanol–water partition coefficient (Wildman–Crippen LogP) is 1.02. The molecule has 1 heterocycles. The van der Waals surface area contributed by atoms with Crippen LogP contribution in [0.15, 0.2) is 0 Å². The normalized spacial score (nSPS) is 11.7. The largest absolute Gasteiger partial charge is 0.478 e. The van der Waals surface area contributed by atoms with Gasteiger partial charge in [0.25, 0.3) is 0 Å². The highest BCUT2D eigenvalue weighted by Crippen LogP contribution is 2.13. The molecule has 0 atom stereocenters. The average molecular weight is 274 g/mol. The number of aryl methyl sites for hydroxylation is 2. The highest BCUT2D eigenvalue weighted by Gasteiger charge is 2.18. The van der Waals surface area contributed by atoms with Crippen molar-refractivity contribution in [3.63, 3.8) is 0 Å². The lowest BCUT2D eigenvalue weighted by atomic mass is 10.2. The molecular formula is C11H18N2O4S. The summed E-state index contributed by atoms with van der Waals surface area (Å²) in [6.07, 6.45) is 0.583. The zero-order valence-corrected chi connectivity index (χ0v) is 11.6. The number of carboxylic acid groups (broad SMARTS) is 1. The third-order valence-corrected chi connectivity index (χ3v) is 4.56. The van der Waals surface area contributed by atoms with E-state index in [0.29, 0.717) is 17.8 Å². The topological polar surface area (TPSA) is 89.3 Å². The maximum absolute atomic E-state index is 11.6. The minimum Gasteiger partial charge on any atom is -0.478 e. The molecule has 0 saturated heterocycles. The van der Waals surface area contributed by atoms with Crippen LogP contribution >= 0.6 is 0 Å². The molecule has 0 aliphatic carbocycles. The molecule has 1 aromatic heterocycles. The molecule has 0 fully saturated rings. The third-order valence-electron chi connectivity index (χ3n) is 2.72. The molecule has 0 aliphatic rings. The molecule has 0 aromatic carbocycles. The maximum Gasteiger partial charge on any atom is 0.339 e. The fourth-order valence-electron chi connectivity index (χ4n) is 1.86. The quantitative estimate of drug-likeness (QED) is 0.836. The molecule has 0 spiro atoms. The number of sulfone groups is 1. The summed E-state index contributed by atoms with van der Waals surface area (Å²) >= 11 is 0. The Bertz CT molecular complexity index is 546. The molecule has 0 aliphatic heterocycles. The van der Waals surface area contributed by atoms with Crippen LogP contribution in [0.25, 0.3) is 0 Å². The molecule has 0 unspecified atom stereocenters. The van der Waals surface area contributed by atoms with Crippen molar-refractivity contribution in [3.05, 3.63) is 17.0 Å². The zero-order chi connectivity index (χ0) is 13.9. The summed E-state index contributed by atoms with van der Waals surface area (Å²) in [6.45, 7) is 5.25. The van der Waals surface area contributed by atoms with Crippen molar-refractivity contribution < 1.29 is 18.3 Å². The first-order chi connectivity index (χ1) is 8.28. The van der Waals surface area contributed by atoms with Gasteiger partial charge in [-0.05, 0) is 20.3 Å². The Kier molecular flexibility index (Phi) is 4.50. The Morgan fingerprint density at radius 3 is 2.39 bits per heavy atom. The van der Waals surface area contributed by atoms with Crippen LogP contribution in [0.5, 0.6) is 0 Å². The van der Waals surface area contributed by atoms with E-state index in [1.165, 1.54) is 4.68 Å². The first kappa shape index (κ1) is 14.7. The van der Waals surface area contributed by atoms with E-state index in [1.54, 1.807) is 13.8 Å². The van der Waals surface area contributed by atoms with E-state index >= 15 is 0 Å². The van der Waals surface area contributed by atoms with Gasteiger partial charge in [-0.25, -0.2) is 13.2 Å². The molecule has 6 nitrogen and oxygen atoms in total. The molecule has 1 N–H and O–H groups in total. The lowest BCUT2D eigenvalue weighted by Gasteiger charge is -2.05. The molecule has 1 rings (SSSR count). The molecule has 0 amide bonds. The average Bonchev–Trinajstić information content (AvgIpc) is 2.51. The van der Waals surface area contributed by atoms with Crippen LogP contribution in [0.2, 0.25) is 0 Å². The van der Waals surface area contributed by atoms with Gasteiger partial charge >= 0.3 is 5.97 Å². The number of rotatable bonds is 6. The maximum atomic E-state index is 11.6. The Hall–Kier alpha value is -1.37. The Morgan fingerprint density at radius 1 is 1.33 bits per heavy atom. The summed E-state index contributed by atoms with van der Waals surface area (Å²) < 4.78 is 24.6. The van der Waals surface area contributed by atoms with E-state index < -0.39 is 15.8 Å². The highest BCUT2D eigenvalue weighted by atomic mass is 32.2.